The van der Waals surface area contributed by atoms with Crippen LogP contribution in [0, 0.1) is 0 Å². The molecule has 0 amide bonds. The summed E-state index contributed by atoms with van der Waals surface area (Å²) >= 11 is 0. The number of esters is 1. The quantitative estimate of drug-likeness (QED) is 0.769. The average Bonchev–Trinajstić information content (AvgIpc) is 2.34. The monoisotopic (exact) mass is 270 g/mol. The Labute approximate surface area is 105 Å². The number of benzene rings is 1. The highest BCUT2D eigenvalue weighted by Crippen LogP contribution is 2.24. The summed E-state index contributed by atoms with van der Waals surface area (Å²) in [6.07, 6.45) is 0. The predicted molar refractivity (Wildman–Crippen MR) is 64.5 cm³/mol. The van der Waals surface area contributed by atoms with Gasteiger partial charge in [-0.15, -0.1) is 0 Å². The number of sulfonamides is 1. The summed E-state index contributed by atoms with van der Waals surface area (Å²) in [5.41, 5.74) is 5.61. The maximum Gasteiger partial charge on any atom is 0.339 e. The highest BCUT2D eigenvalue weighted by molar-refractivity contribution is 7.89. The summed E-state index contributed by atoms with van der Waals surface area (Å²) in [6, 6.07) is 5.85. The second-order valence-electron chi connectivity index (χ2n) is 4.07. The molecule has 0 saturated carbocycles. The van der Waals surface area contributed by atoms with E-state index in [0.29, 0.717) is 0 Å². The fourth-order valence-electron chi connectivity index (χ4n) is 1.78. The van der Waals surface area contributed by atoms with Crippen molar-refractivity contribution in [2.75, 3.05) is 20.2 Å². The Kier molecular flexibility index (Phi) is 3.38. The summed E-state index contributed by atoms with van der Waals surface area (Å²) < 4.78 is 30.4. The van der Waals surface area contributed by atoms with Gasteiger partial charge in [-0.3, -0.25) is 0 Å². The van der Waals surface area contributed by atoms with Gasteiger partial charge in [0.2, 0.25) is 10.0 Å². The number of carbonyl (C=O) groups is 1. The van der Waals surface area contributed by atoms with Crippen LogP contribution >= 0.6 is 0 Å². The highest BCUT2D eigenvalue weighted by Gasteiger charge is 2.36. The van der Waals surface area contributed by atoms with Crippen LogP contribution in [0.15, 0.2) is 29.2 Å². The van der Waals surface area contributed by atoms with Crippen LogP contribution in [0.4, 0.5) is 0 Å². The molecular formula is C11H14N2O4S. The van der Waals surface area contributed by atoms with Crippen LogP contribution in [0.2, 0.25) is 0 Å². The van der Waals surface area contributed by atoms with E-state index in [1.807, 2.05) is 0 Å². The first-order valence-electron chi connectivity index (χ1n) is 5.40. The van der Waals surface area contributed by atoms with E-state index in [4.69, 9.17) is 5.73 Å². The van der Waals surface area contributed by atoms with E-state index in [2.05, 4.69) is 4.74 Å². The summed E-state index contributed by atoms with van der Waals surface area (Å²) in [4.78, 5) is 11.5. The van der Waals surface area contributed by atoms with Gasteiger partial charge in [0.15, 0.2) is 0 Å². The molecule has 2 rings (SSSR count). The van der Waals surface area contributed by atoms with Crippen LogP contribution < -0.4 is 5.73 Å². The van der Waals surface area contributed by atoms with Gasteiger partial charge in [0.25, 0.3) is 0 Å². The number of nitrogens with two attached hydrogens (primary N) is 1. The summed E-state index contributed by atoms with van der Waals surface area (Å²) in [7, 11) is -2.45. The van der Waals surface area contributed by atoms with Gasteiger partial charge in [-0.2, -0.15) is 4.31 Å². The van der Waals surface area contributed by atoms with Crippen molar-refractivity contribution in [3.63, 3.8) is 0 Å². The molecule has 0 atom stereocenters. The Morgan fingerprint density at radius 3 is 2.56 bits per heavy atom. The third-order valence-corrected chi connectivity index (χ3v) is 4.68. The number of carbonyl (C=O) groups excluding carboxylic acids is 1. The lowest BCUT2D eigenvalue weighted by molar-refractivity contribution is 0.0596. The molecule has 0 aromatic heterocycles. The fraction of sp³-hybridized carbons (Fsp3) is 0.364. The highest BCUT2D eigenvalue weighted by atomic mass is 32.2. The van der Waals surface area contributed by atoms with E-state index < -0.39 is 16.0 Å². The summed E-state index contributed by atoms with van der Waals surface area (Å²) in [5, 5.41) is 0. The van der Waals surface area contributed by atoms with Crippen molar-refractivity contribution in [1.82, 2.24) is 4.31 Å². The van der Waals surface area contributed by atoms with Crippen molar-refractivity contribution in [2.24, 2.45) is 5.73 Å². The first-order valence-corrected chi connectivity index (χ1v) is 6.84. The summed E-state index contributed by atoms with van der Waals surface area (Å²) in [6.45, 7) is 0.551. The number of hydrogen-bond donors (Lipinski definition) is 1. The first kappa shape index (κ1) is 13.0. The molecule has 0 bridgehead atoms. The molecule has 2 N–H and O–H groups in total. The third kappa shape index (κ3) is 2.12. The minimum absolute atomic E-state index is 0.0382. The standard InChI is InChI=1S/C11H14N2O4S/c1-17-11(14)9-4-2-3-5-10(9)18(15,16)13-6-8(12)7-13/h2-5,8H,6-7,12H2,1H3. The Bertz CT molecular complexity index is 564. The maximum absolute atomic E-state index is 12.3. The predicted octanol–water partition coefficient (Wildman–Crippen LogP) is -0.195. The summed E-state index contributed by atoms with van der Waals surface area (Å²) in [5.74, 6) is -0.668. The first-order chi connectivity index (χ1) is 8.46. The van der Waals surface area contributed by atoms with Crippen LogP contribution in [0.3, 0.4) is 0 Å². The smallest absolute Gasteiger partial charge is 0.339 e. The molecular weight excluding hydrogens is 256 g/mol. The number of ether oxygens (including phenoxy) is 1. The topological polar surface area (TPSA) is 89.7 Å². The minimum Gasteiger partial charge on any atom is -0.465 e. The average molecular weight is 270 g/mol. The van der Waals surface area contributed by atoms with E-state index in [0.717, 1.165) is 0 Å². The zero-order valence-corrected chi connectivity index (χ0v) is 10.7. The van der Waals surface area contributed by atoms with Gasteiger partial charge in [0, 0.05) is 19.1 Å². The van der Waals surface area contributed by atoms with Crippen molar-refractivity contribution in [2.45, 2.75) is 10.9 Å². The molecule has 0 aliphatic carbocycles. The fourth-order valence-corrected chi connectivity index (χ4v) is 3.51. The molecule has 1 aliphatic heterocycles. The van der Waals surface area contributed by atoms with E-state index in [9.17, 15) is 13.2 Å². The Hall–Kier alpha value is -1.44. The second-order valence-corrected chi connectivity index (χ2v) is 5.98. The molecule has 1 aromatic carbocycles. The van der Waals surface area contributed by atoms with Crippen LogP contribution in [0.5, 0.6) is 0 Å². The molecule has 0 radical (unpaired) electrons. The molecule has 6 nitrogen and oxygen atoms in total. The molecule has 1 aliphatic rings. The molecule has 0 unspecified atom stereocenters. The van der Waals surface area contributed by atoms with Gasteiger partial charge in [0.05, 0.1) is 17.6 Å². The zero-order chi connectivity index (χ0) is 13.3. The molecule has 1 saturated heterocycles. The molecule has 1 heterocycles. The van der Waals surface area contributed by atoms with Crippen molar-refractivity contribution in [3.05, 3.63) is 29.8 Å². The van der Waals surface area contributed by atoms with Crippen molar-refractivity contribution < 1.29 is 17.9 Å². The molecule has 7 heteroatoms. The minimum atomic E-state index is -3.67. The number of rotatable bonds is 3. The van der Waals surface area contributed by atoms with Crippen LogP contribution in [0.25, 0.3) is 0 Å². The van der Waals surface area contributed by atoms with Crippen LogP contribution in [0.1, 0.15) is 10.4 Å². The van der Waals surface area contributed by atoms with Crippen molar-refractivity contribution in [3.8, 4) is 0 Å². The largest absolute Gasteiger partial charge is 0.465 e. The SMILES string of the molecule is COC(=O)c1ccccc1S(=O)(=O)N1CC(N)C1. The van der Waals surface area contributed by atoms with E-state index in [1.165, 1.54) is 23.5 Å². The normalized spacial score (nSPS) is 17.2. The Morgan fingerprint density at radius 2 is 2.00 bits per heavy atom. The number of nitrogens with zero attached hydrogens (tertiary/aromatic N) is 1. The van der Waals surface area contributed by atoms with Crippen LogP contribution in [-0.4, -0.2) is 44.9 Å². The molecule has 1 fully saturated rings. The lowest BCUT2D eigenvalue weighted by Gasteiger charge is -2.35. The molecule has 1 aromatic rings. The number of methoxy groups -OCH3 is 1. The van der Waals surface area contributed by atoms with Crippen molar-refractivity contribution in [1.29, 1.82) is 0 Å². The third-order valence-electron chi connectivity index (χ3n) is 2.79. The van der Waals surface area contributed by atoms with Gasteiger partial charge in [-0.1, -0.05) is 12.1 Å². The lowest BCUT2D eigenvalue weighted by Crippen LogP contribution is -2.57. The Morgan fingerprint density at radius 1 is 1.39 bits per heavy atom. The van der Waals surface area contributed by atoms with Gasteiger partial charge >= 0.3 is 5.97 Å². The maximum atomic E-state index is 12.3. The van der Waals surface area contributed by atoms with Gasteiger partial charge < -0.3 is 10.5 Å². The van der Waals surface area contributed by atoms with E-state index in [1.54, 1.807) is 12.1 Å². The molecule has 0 spiro atoms. The van der Waals surface area contributed by atoms with Gasteiger partial charge in [-0.25, -0.2) is 13.2 Å². The lowest BCUT2D eigenvalue weighted by atomic mass is 10.2. The van der Waals surface area contributed by atoms with E-state index >= 15 is 0 Å². The van der Waals surface area contributed by atoms with Crippen molar-refractivity contribution >= 4 is 16.0 Å². The van der Waals surface area contributed by atoms with Crippen LogP contribution in [-0.2, 0) is 14.8 Å². The van der Waals surface area contributed by atoms with E-state index in [-0.39, 0.29) is 29.6 Å². The van der Waals surface area contributed by atoms with Gasteiger partial charge in [0.1, 0.15) is 0 Å². The molecule has 18 heavy (non-hydrogen) atoms. The van der Waals surface area contributed by atoms with Gasteiger partial charge in [-0.05, 0) is 12.1 Å². The zero-order valence-electron chi connectivity index (χ0n) is 9.87. The Balaban J connectivity index is 2.42. The molecule has 98 valence electrons. The second kappa shape index (κ2) is 4.68. The number of hydrogen-bond acceptors (Lipinski definition) is 5.